The Balaban J connectivity index is 1.83. The first-order valence-corrected chi connectivity index (χ1v) is 8.20. The summed E-state index contributed by atoms with van der Waals surface area (Å²) in [7, 11) is 1.94. The van der Waals surface area contributed by atoms with Crippen LogP contribution in [0.25, 0.3) is 0 Å². The summed E-state index contributed by atoms with van der Waals surface area (Å²) in [6, 6.07) is 16.0. The molecule has 0 amide bonds. The van der Waals surface area contributed by atoms with E-state index in [2.05, 4.69) is 17.4 Å². The maximum absolute atomic E-state index is 6.20. The summed E-state index contributed by atoms with van der Waals surface area (Å²) in [5, 5.41) is 5.12. The number of benzene rings is 2. The molecule has 0 fully saturated rings. The fraction of sp³-hybridized carbons (Fsp3) is 0.235. The van der Waals surface area contributed by atoms with Gasteiger partial charge in [0.2, 0.25) is 0 Å². The van der Waals surface area contributed by atoms with E-state index in [9.17, 15) is 0 Å². The third-order valence-corrected chi connectivity index (χ3v) is 4.63. The van der Waals surface area contributed by atoms with Crippen molar-refractivity contribution < 1.29 is 0 Å². The summed E-state index contributed by atoms with van der Waals surface area (Å²) in [5.74, 6) is 0. The smallest absolute Gasteiger partial charge is 0.168 e. The molecule has 0 spiro atoms. The van der Waals surface area contributed by atoms with Gasteiger partial charge < -0.3 is 10.2 Å². The lowest BCUT2D eigenvalue weighted by Gasteiger charge is -2.22. The Kier molecular flexibility index (Phi) is 6.49. The molecule has 0 radical (unpaired) electrons. The Morgan fingerprint density at radius 3 is 2.55 bits per heavy atom. The average molecular weight is 353 g/mol. The minimum absolute atomic E-state index is 0.565. The zero-order chi connectivity index (χ0) is 15.9. The van der Waals surface area contributed by atoms with Crippen molar-refractivity contribution in [2.45, 2.75) is 13.0 Å². The van der Waals surface area contributed by atoms with E-state index in [1.165, 1.54) is 5.56 Å². The van der Waals surface area contributed by atoms with Crippen LogP contribution >= 0.6 is 35.4 Å². The Morgan fingerprint density at radius 1 is 1.09 bits per heavy atom. The molecule has 0 saturated heterocycles. The summed E-state index contributed by atoms with van der Waals surface area (Å²) in [5.41, 5.74) is 2.25. The van der Waals surface area contributed by atoms with Crippen LogP contribution in [-0.4, -0.2) is 23.6 Å². The second kappa shape index (κ2) is 8.37. The molecule has 116 valence electrons. The van der Waals surface area contributed by atoms with Crippen molar-refractivity contribution in [1.82, 2.24) is 10.2 Å². The van der Waals surface area contributed by atoms with Gasteiger partial charge in [0, 0.05) is 20.1 Å². The van der Waals surface area contributed by atoms with E-state index in [4.69, 9.17) is 35.4 Å². The molecule has 0 aliphatic heterocycles. The molecule has 22 heavy (non-hydrogen) atoms. The lowest BCUT2D eigenvalue weighted by Crippen LogP contribution is -2.37. The van der Waals surface area contributed by atoms with Crippen LogP contribution in [0.15, 0.2) is 48.5 Å². The molecule has 2 aromatic carbocycles. The van der Waals surface area contributed by atoms with Gasteiger partial charge in [-0.05, 0) is 35.8 Å². The standard InChI is InChI=1S/C17H18Cl2N2S/c1-21(12-14-8-5-9-15(18)16(14)19)17(22)20-11-10-13-6-3-2-4-7-13/h2-9H,10-12H2,1H3,(H,20,22). The fourth-order valence-electron chi connectivity index (χ4n) is 2.09. The van der Waals surface area contributed by atoms with Crippen LogP contribution < -0.4 is 5.32 Å². The van der Waals surface area contributed by atoms with Gasteiger partial charge in [-0.2, -0.15) is 0 Å². The number of nitrogens with zero attached hydrogens (tertiary/aromatic N) is 1. The maximum Gasteiger partial charge on any atom is 0.168 e. The largest absolute Gasteiger partial charge is 0.362 e. The maximum atomic E-state index is 6.20. The molecule has 0 atom stereocenters. The van der Waals surface area contributed by atoms with Gasteiger partial charge in [0.25, 0.3) is 0 Å². The van der Waals surface area contributed by atoms with Crippen LogP contribution in [0.2, 0.25) is 10.0 Å². The average Bonchev–Trinajstić information content (AvgIpc) is 2.52. The quantitative estimate of drug-likeness (QED) is 0.795. The minimum Gasteiger partial charge on any atom is -0.362 e. The van der Waals surface area contributed by atoms with Gasteiger partial charge in [0.05, 0.1) is 10.0 Å². The molecule has 0 bridgehead atoms. The summed E-state index contributed by atoms with van der Waals surface area (Å²) in [6.07, 6.45) is 0.937. The topological polar surface area (TPSA) is 15.3 Å². The first kappa shape index (κ1) is 17.1. The van der Waals surface area contributed by atoms with E-state index in [-0.39, 0.29) is 0 Å². The molecule has 2 aromatic rings. The highest BCUT2D eigenvalue weighted by molar-refractivity contribution is 7.80. The molecule has 5 heteroatoms. The molecule has 0 saturated carbocycles. The molecule has 0 heterocycles. The second-order valence-electron chi connectivity index (χ2n) is 5.04. The van der Waals surface area contributed by atoms with Crippen LogP contribution in [-0.2, 0) is 13.0 Å². The Bertz CT molecular complexity index is 632. The second-order valence-corrected chi connectivity index (χ2v) is 6.21. The first-order chi connectivity index (χ1) is 10.6. The third-order valence-electron chi connectivity index (χ3n) is 3.32. The Labute approximate surface area is 147 Å². The van der Waals surface area contributed by atoms with Crippen molar-refractivity contribution >= 4 is 40.5 Å². The highest BCUT2D eigenvalue weighted by Crippen LogP contribution is 2.26. The van der Waals surface area contributed by atoms with E-state index < -0.39 is 0 Å². The molecule has 0 aromatic heterocycles. The third kappa shape index (κ3) is 4.87. The summed E-state index contributed by atoms with van der Waals surface area (Å²) in [4.78, 5) is 1.96. The lowest BCUT2D eigenvalue weighted by molar-refractivity contribution is 0.489. The zero-order valence-electron chi connectivity index (χ0n) is 12.4. The summed E-state index contributed by atoms with van der Waals surface area (Å²) >= 11 is 17.6. The van der Waals surface area contributed by atoms with Crippen LogP contribution in [0.4, 0.5) is 0 Å². The Morgan fingerprint density at radius 2 is 1.82 bits per heavy atom. The van der Waals surface area contributed by atoms with Crippen LogP contribution in [0, 0.1) is 0 Å². The van der Waals surface area contributed by atoms with Crippen LogP contribution in [0.1, 0.15) is 11.1 Å². The SMILES string of the molecule is CN(Cc1cccc(Cl)c1Cl)C(=S)NCCc1ccccc1. The van der Waals surface area contributed by atoms with Crippen molar-refractivity contribution in [3.8, 4) is 0 Å². The van der Waals surface area contributed by atoms with Crippen LogP contribution in [0.3, 0.4) is 0 Å². The van der Waals surface area contributed by atoms with Crippen molar-refractivity contribution in [1.29, 1.82) is 0 Å². The van der Waals surface area contributed by atoms with E-state index in [0.717, 1.165) is 18.5 Å². The molecular weight excluding hydrogens is 335 g/mol. The number of thiocarbonyl (C=S) groups is 1. The predicted octanol–water partition coefficient (Wildman–Crippen LogP) is 4.54. The molecule has 2 nitrogen and oxygen atoms in total. The van der Waals surface area contributed by atoms with E-state index in [1.54, 1.807) is 6.07 Å². The van der Waals surface area contributed by atoms with E-state index in [1.807, 2.05) is 42.3 Å². The number of hydrogen-bond acceptors (Lipinski definition) is 1. The molecule has 0 aliphatic carbocycles. The van der Waals surface area contributed by atoms with Crippen molar-refractivity contribution in [3.05, 3.63) is 69.7 Å². The monoisotopic (exact) mass is 352 g/mol. The van der Waals surface area contributed by atoms with Gasteiger partial charge in [0.15, 0.2) is 5.11 Å². The summed E-state index contributed by atoms with van der Waals surface area (Å²) in [6.45, 7) is 1.42. The van der Waals surface area contributed by atoms with Crippen molar-refractivity contribution in [3.63, 3.8) is 0 Å². The fourth-order valence-corrected chi connectivity index (χ4v) is 2.64. The number of nitrogens with one attached hydrogen (secondary N) is 1. The highest BCUT2D eigenvalue weighted by Gasteiger charge is 2.09. The molecule has 2 rings (SSSR count). The van der Waals surface area contributed by atoms with Gasteiger partial charge in [0.1, 0.15) is 0 Å². The highest BCUT2D eigenvalue weighted by atomic mass is 35.5. The number of hydrogen-bond donors (Lipinski definition) is 1. The van der Waals surface area contributed by atoms with Gasteiger partial charge in [-0.1, -0.05) is 65.7 Å². The van der Waals surface area contributed by atoms with Crippen molar-refractivity contribution in [2.24, 2.45) is 0 Å². The number of rotatable bonds is 5. The summed E-state index contributed by atoms with van der Waals surface area (Å²) < 4.78 is 0. The van der Waals surface area contributed by atoms with Gasteiger partial charge in [-0.25, -0.2) is 0 Å². The molecular formula is C17H18Cl2N2S. The van der Waals surface area contributed by atoms with Crippen LogP contribution in [0.5, 0.6) is 0 Å². The van der Waals surface area contributed by atoms with Gasteiger partial charge >= 0.3 is 0 Å². The lowest BCUT2D eigenvalue weighted by atomic mass is 10.1. The molecule has 0 aliphatic rings. The molecule has 1 N–H and O–H groups in total. The van der Waals surface area contributed by atoms with E-state index >= 15 is 0 Å². The predicted molar refractivity (Wildman–Crippen MR) is 98.7 cm³/mol. The van der Waals surface area contributed by atoms with E-state index in [0.29, 0.717) is 21.7 Å². The normalized spacial score (nSPS) is 10.3. The minimum atomic E-state index is 0.565. The van der Waals surface area contributed by atoms with Gasteiger partial charge in [-0.15, -0.1) is 0 Å². The first-order valence-electron chi connectivity index (χ1n) is 7.03. The molecule has 0 unspecified atom stereocenters. The Hall–Kier alpha value is -1.29. The van der Waals surface area contributed by atoms with Crippen molar-refractivity contribution in [2.75, 3.05) is 13.6 Å². The zero-order valence-corrected chi connectivity index (χ0v) is 14.7. The number of halogens is 2. The van der Waals surface area contributed by atoms with Gasteiger partial charge in [-0.3, -0.25) is 0 Å².